The lowest BCUT2D eigenvalue weighted by Gasteiger charge is -2.26. The fourth-order valence-corrected chi connectivity index (χ4v) is 3.16. The summed E-state index contributed by atoms with van der Waals surface area (Å²) in [7, 11) is 1.60. The van der Waals surface area contributed by atoms with Gasteiger partial charge in [-0.25, -0.2) is 14.4 Å². The molecule has 0 fully saturated rings. The second kappa shape index (κ2) is 6.78. The number of nitrogens with one attached hydrogen (secondary N) is 1. The topological polar surface area (TPSA) is 61.2 Å². The number of rotatable bonds is 5. The highest BCUT2D eigenvalue weighted by Gasteiger charge is 2.23. The third-order valence-corrected chi connectivity index (χ3v) is 4.35. The molecule has 0 radical (unpaired) electrons. The van der Waals surface area contributed by atoms with Crippen LogP contribution in [0.5, 0.6) is 5.88 Å². The van der Waals surface area contributed by atoms with Gasteiger partial charge in [-0.2, -0.15) is 0 Å². The molecule has 1 aromatic carbocycles. The summed E-state index contributed by atoms with van der Waals surface area (Å²) in [6.07, 6.45) is 1.80. The maximum Gasteiger partial charge on any atom is 0.212 e. The highest BCUT2D eigenvalue weighted by atomic mass is 19.1. The van der Waals surface area contributed by atoms with Gasteiger partial charge in [0, 0.05) is 31.4 Å². The summed E-state index contributed by atoms with van der Waals surface area (Å²) in [5, 5.41) is 3.43. The van der Waals surface area contributed by atoms with Gasteiger partial charge in [-0.05, 0) is 17.7 Å². The number of methoxy groups -OCH3 is 1. The van der Waals surface area contributed by atoms with Gasteiger partial charge in [-0.1, -0.05) is 6.07 Å². The lowest BCUT2D eigenvalue weighted by Crippen LogP contribution is -2.32. The van der Waals surface area contributed by atoms with E-state index in [-0.39, 0.29) is 11.9 Å². The fraction of sp³-hybridized carbons (Fsp3) is 0.333. The summed E-state index contributed by atoms with van der Waals surface area (Å²) < 4.78 is 26.3. The number of halogens is 1. The van der Waals surface area contributed by atoms with Crippen molar-refractivity contribution in [2.75, 3.05) is 20.3 Å². The summed E-state index contributed by atoms with van der Waals surface area (Å²) in [4.78, 5) is 8.70. The molecule has 4 rings (SSSR count). The summed E-state index contributed by atoms with van der Waals surface area (Å²) in [6.45, 7) is 2.48. The Kier molecular flexibility index (Phi) is 4.33. The number of benzene rings is 1. The standard InChI is InChI=1S/C18H19FN4O2/c1-24-18-5-2-12(8-21-18)7-20-9-14-10-25-11-17-22-15-6-13(19)3-4-16(15)23(14)17/h2-6,8,14,20H,7,9-11H2,1H3. The maximum atomic E-state index is 13.4. The van der Waals surface area contributed by atoms with Gasteiger partial charge >= 0.3 is 0 Å². The van der Waals surface area contributed by atoms with Crippen molar-refractivity contribution in [3.63, 3.8) is 0 Å². The molecular formula is C18H19FN4O2. The molecule has 6 nitrogen and oxygen atoms in total. The van der Waals surface area contributed by atoms with E-state index in [4.69, 9.17) is 9.47 Å². The molecule has 0 spiro atoms. The Labute approximate surface area is 144 Å². The molecule has 1 atom stereocenters. The first-order valence-corrected chi connectivity index (χ1v) is 8.18. The zero-order chi connectivity index (χ0) is 17.2. The third kappa shape index (κ3) is 3.20. The first-order chi connectivity index (χ1) is 12.2. The van der Waals surface area contributed by atoms with Crippen LogP contribution in [0.2, 0.25) is 0 Å². The molecule has 3 heterocycles. The van der Waals surface area contributed by atoms with Crippen LogP contribution in [0.3, 0.4) is 0 Å². The van der Waals surface area contributed by atoms with Crippen LogP contribution >= 0.6 is 0 Å². The Hall–Kier alpha value is -2.51. The van der Waals surface area contributed by atoms with Crippen molar-refractivity contribution in [1.82, 2.24) is 19.9 Å². The average molecular weight is 342 g/mol. The van der Waals surface area contributed by atoms with Crippen molar-refractivity contribution >= 4 is 11.0 Å². The van der Waals surface area contributed by atoms with Crippen LogP contribution in [0.4, 0.5) is 4.39 Å². The van der Waals surface area contributed by atoms with Gasteiger partial charge in [0.05, 0.1) is 30.8 Å². The molecule has 130 valence electrons. The SMILES string of the molecule is COc1ccc(CNCC2COCc3nc4cc(F)ccc4n32)cn1. The van der Waals surface area contributed by atoms with E-state index in [0.717, 1.165) is 23.4 Å². The molecule has 2 aromatic heterocycles. The van der Waals surface area contributed by atoms with Crippen molar-refractivity contribution in [2.45, 2.75) is 19.2 Å². The van der Waals surface area contributed by atoms with Gasteiger partial charge in [0.25, 0.3) is 0 Å². The van der Waals surface area contributed by atoms with Gasteiger partial charge in [0.2, 0.25) is 5.88 Å². The van der Waals surface area contributed by atoms with Crippen molar-refractivity contribution in [1.29, 1.82) is 0 Å². The molecule has 0 saturated heterocycles. The number of aromatic nitrogens is 3. The molecule has 0 saturated carbocycles. The van der Waals surface area contributed by atoms with Gasteiger partial charge in [0.15, 0.2) is 0 Å². The van der Waals surface area contributed by atoms with Crippen LogP contribution in [0.25, 0.3) is 11.0 Å². The predicted octanol–water partition coefficient (Wildman–Crippen LogP) is 2.44. The molecular weight excluding hydrogens is 323 g/mol. The Morgan fingerprint density at radius 2 is 2.28 bits per heavy atom. The summed E-state index contributed by atoms with van der Waals surface area (Å²) in [5.41, 5.74) is 2.69. The number of imidazole rings is 1. The molecule has 1 N–H and O–H groups in total. The number of pyridine rings is 1. The Morgan fingerprint density at radius 1 is 1.36 bits per heavy atom. The monoisotopic (exact) mass is 342 g/mol. The van der Waals surface area contributed by atoms with Crippen LogP contribution in [-0.2, 0) is 17.9 Å². The zero-order valence-corrected chi connectivity index (χ0v) is 13.9. The molecule has 7 heteroatoms. The molecule has 1 aliphatic heterocycles. The van der Waals surface area contributed by atoms with E-state index >= 15 is 0 Å². The van der Waals surface area contributed by atoms with E-state index in [1.54, 1.807) is 19.4 Å². The van der Waals surface area contributed by atoms with E-state index in [1.807, 2.05) is 12.1 Å². The Balaban J connectivity index is 1.48. The van der Waals surface area contributed by atoms with Crippen molar-refractivity contribution in [2.24, 2.45) is 0 Å². The van der Waals surface area contributed by atoms with Gasteiger partial charge in [0.1, 0.15) is 18.2 Å². The van der Waals surface area contributed by atoms with Crippen LogP contribution in [0.1, 0.15) is 17.4 Å². The van der Waals surface area contributed by atoms with E-state index in [9.17, 15) is 4.39 Å². The number of hydrogen-bond acceptors (Lipinski definition) is 5. The largest absolute Gasteiger partial charge is 0.481 e. The van der Waals surface area contributed by atoms with E-state index in [0.29, 0.717) is 31.2 Å². The number of fused-ring (bicyclic) bond motifs is 3. The molecule has 1 unspecified atom stereocenters. The minimum absolute atomic E-state index is 0.116. The second-order valence-electron chi connectivity index (χ2n) is 6.04. The molecule has 0 aliphatic carbocycles. The third-order valence-electron chi connectivity index (χ3n) is 4.35. The van der Waals surface area contributed by atoms with Gasteiger partial charge < -0.3 is 19.4 Å². The fourth-order valence-electron chi connectivity index (χ4n) is 3.16. The first-order valence-electron chi connectivity index (χ1n) is 8.18. The molecule has 0 amide bonds. The minimum Gasteiger partial charge on any atom is -0.481 e. The van der Waals surface area contributed by atoms with Crippen LogP contribution in [0.15, 0.2) is 36.5 Å². The number of ether oxygens (including phenoxy) is 2. The van der Waals surface area contributed by atoms with Gasteiger partial charge in [-0.3, -0.25) is 0 Å². The zero-order valence-electron chi connectivity index (χ0n) is 13.9. The summed E-state index contributed by atoms with van der Waals surface area (Å²) in [6, 6.07) is 8.67. The minimum atomic E-state index is -0.273. The second-order valence-corrected chi connectivity index (χ2v) is 6.04. The molecule has 0 bridgehead atoms. The van der Waals surface area contributed by atoms with Crippen molar-refractivity contribution in [3.8, 4) is 5.88 Å². The van der Waals surface area contributed by atoms with Crippen LogP contribution in [0, 0.1) is 5.82 Å². The lowest BCUT2D eigenvalue weighted by molar-refractivity contribution is 0.0564. The summed E-state index contributed by atoms with van der Waals surface area (Å²) in [5.74, 6) is 1.17. The Bertz CT molecular complexity index is 879. The number of nitrogens with zero attached hydrogens (tertiary/aromatic N) is 3. The highest BCUT2D eigenvalue weighted by Crippen LogP contribution is 2.26. The van der Waals surface area contributed by atoms with Crippen molar-refractivity contribution in [3.05, 3.63) is 53.7 Å². The highest BCUT2D eigenvalue weighted by molar-refractivity contribution is 5.76. The van der Waals surface area contributed by atoms with E-state index in [1.165, 1.54) is 12.1 Å². The smallest absolute Gasteiger partial charge is 0.212 e. The molecule has 25 heavy (non-hydrogen) atoms. The average Bonchev–Trinajstić information content (AvgIpc) is 3.00. The quantitative estimate of drug-likeness (QED) is 0.772. The molecule has 3 aromatic rings. The predicted molar refractivity (Wildman–Crippen MR) is 90.9 cm³/mol. The maximum absolute atomic E-state index is 13.4. The summed E-state index contributed by atoms with van der Waals surface area (Å²) >= 11 is 0. The lowest BCUT2D eigenvalue weighted by atomic mass is 10.2. The number of hydrogen-bond donors (Lipinski definition) is 1. The Morgan fingerprint density at radius 3 is 3.08 bits per heavy atom. The van der Waals surface area contributed by atoms with E-state index in [2.05, 4.69) is 19.9 Å². The first kappa shape index (κ1) is 16.0. The van der Waals surface area contributed by atoms with Crippen LogP contribution < -0.4 is 10.1 Å². The van der Waals surface area contributed by atoms with Crippen molar-refractivity contribution < 1.29 is 13.9 Å². The van der Waals surface area contributed by atoms with E-state index < -0.39 is 0 Å². The normalized spacial score (nSPS) is 16.8. The van der Waals surface area contributed by atoms with Gasteiger partial charge in [-0.15, -0.1) is 0 Å². The van der Waals surface area contributed by atoms with Crippen LogP contribution in [-0.4, -0.2) is 34.8 Å². The molecule has 1 aliphatic rings.